The van der Waals surface area contributed by atoms with Gasteiger partial charge in [-0.2, -0.15) is 9.40 Å². The van der Waals surface area contributed by atoms with Crippen LogP contribution < -0.4 is 0 Å². The van der Waals surface area contributed by atoms with Gasteiger partial charge < -0.3 is 4.90 Å². The zero-order chi connectivity index (χ0) is 16.5. The van der Waals surface area contributed by atoms with Crippen molar-refractivity contribution in [1.29, 1.82) is 0 Å². The summed E-state index contributed by atoms with van der Waals surface area (Å²) in [7, 11) is -1.86. The minimum atomic E-state index is -3.61. The molecule has 1 aromatic rings. The molecule has 7 nitrogen and oxygen atoms in total. The smallest absolute Gasteiger partial charge is 0.246 e. The maximum Gasteiger partial charge on any atom is 0.246 e. The highest BCUT2D eigenvalue weighted by atomic mass is 32.2. The number of hydrogen-bond acceptors (Lipinski definition) is 4. The maximum atomic E-state index is 12.8. The molecular formula is C14H24N4O3S. The van der Waals surface area contributed by atoms with Crippen LogP contribution in [0.3, 0.4) is 0 Å². The first-order valence-electron chi connectivity index (χ1n) is 7.55. The Balaban J connectivity index is 2.24. The van der Waals surface area contributed by atoms with Gasteiger partial charge in [0, 0.05) is 26.7 Å². The number of nitrogens with zero attached hydrogens (tertiary/aromatic N) is 3. The second-order valence-electron chi connectivity index (χ2n) is 5.82. The highest BCUT2D eigenvalue weighted by Crippen LogP contribution is 2.27. The molecule has 0 aliphatic carbocycles. The molecule has 0 spiro atoms. The molecule has 0 unspecified atom stereocenters. The van der Waals surface area contributed by atoms with Gasteiger partial charge in [0.15, 0.2) is 0 Å². The third-order valence-electron chi connectivity index (χ3n) is 4.24. The van der Waals surface area contributed by atoms with Crippen molar-refractivity contribution >= 4 is 15.9 Å². The summed E-state index contributed by atoms with van der Waals surface area (Å²) < 4.78 is 27.1. The number of nitrogens with one attached hydrogen (secondary N) is 1. The second-order valence-corrected chi connectivity index (χ2v) is 7.69. The Morgan fingerprint density at radius 3 is 2.68 bits per heavy atom. The van der Waals surface area contributed by atoms with Crippen molar-refractivity contribution in [2.45, 2.75) is 38.5 Å². The van der Waals surface area contributed by atoms with Crippen LogP contribution in [0.1, 0.15) is 31.2 Å². The van der Waals surface area contributed by atoms with E-state index in [1.54, 1.807) is 25.8 Å². The minimum Gasteiger partial charge on any atom is -0.346 e. The van der Waals surface area contributed by atoms with E-state index < -0.39 is 10.0 Å². The molecule has 0 bridgehead atoms. The van der Waals surface area contributed by atoms with Crippen molar-refractivity contribution in [3.63, 3.8) is 0 Å². The highest BCUT2D eigenvalue weighted by molar-refractivity contribution is 7.89. The normalized spacial score (nSPS) is 20.1. The average Bonchev–Trinajstić information content (AvgIpc) is 2.85. The third-order valence-corrected chi connectivity index (χ3v) is 6.37. The Bertz CT molecular complexity index is 634. The van der Waals surface area contributed by atoms with Gasteiger partial charge in [-0.15, -0.1) is 0 Å². The number of aromatic nitrogens is 2. The number of amides is 1. The van der Waals surface area contributed by atoms with Crippen LogP contribution in [-0.4, -0.2) is 60.4 Å². The number of H-pyrrole nitrogens is 1. The first kappa shape index (κ1) is 17.0. The molecule has 1 aliphatic rings. The van der Waals surface area contributed by atoms with E-state index in [1.165, 1.54) is 4.31 Å². The number of carbonyl (C=O) groups excluding carboxylic acids is 1. The molecule has 2 heterocycles. The Hall–Kier alpha value is -1.41. The lowest BCUT2D eigenvalue weighted by molar-refractivity contribution is -0.135. The predicted molar refractivity (Wildman–Crippen MR) is 82.9 cm³/mol. The van der Waals surface area contributed by atoms with Gasteiger partial charge in [-0.05, 0) is 33.6 Å². The lowest BCUT2D eigenvalue weighted by Crippen LogP contribution is -2.45. The fourth-order valence-electron chi connectivity index (χ4n) is 2.88. The van der Waals surface area contributed by atoms with Gasteiger partial charge in [0.05, 0.1) is 17.3 Å². The van der Waals surface area contributed by atoms with Gasteiger partial charge in [-0.3, -0.25) is 9.89 Å². The lowest BCUT2D eigenvalue weighted by atomic mass is 9.98. The lowest BCUT2D eigenvalue weighted by Gasteiger charge is -2.33. The van der Waals surface area contributed by atoms with E-state index in [0.717, 1.165) is 6.42 Å². The van der Waals surface area contributed by atoms with Crippen LogP contribution in [0, 0.1) is 19.8 Å². The number of sulfonamides is 1. The first-order valence-corrected chi connectivity index (χ1v) is 8.99. The summed E-state index contributed by atoms with van der Waals surface area (Å²) in [6, 6.07) is 0. The van der Waals surface area contributed by atoms with Crippen molar-refractivity contribution < 1.29 is 13.2 Å². The first-order chi connectivity index (χ1) is 10.3. The van der Waals surface area contributed by atoms with Crippen LogP contribution in [0.25, 0.3) is 0 Å². The zero-order valence-electron chi connectivity index (χ0n) is 13.6. The number of aryl methyl sites for hydroxylation is 2. The van der Waals surface area contributed by atoms with Crippen LogP contribution in [0.4, 0.5) is 0 Å². The number of rotatable bonds is 4. The van der Waals surface area contributed by atoms with Crippen molar-refractivity contribution in [3.8, 4) is 0 Å². The zero-order valence-corrected chi connectivity index (χ0v) is 14.4. The average molecular weight is 328 g/mol. The summed E-state index contributed by atoms with van der Waals surface area (Å²) in [5.74, 6) is -0.246. The van der Waals surface area contributed by atoms with E-state index in [9.17, 15) is 13.2 Å². The molecule has 0 saturated carbocycles. The summed E-state index contributed by atoms with van der Waals surface area (Å²) in [6.45, 7) is 6.61. The van der Waals surface area contributed by atoms with Gasteiger partial charge in [0.25, 0.3) is 0 Å². The summed E-state index contributed by atoms with van der Waals surface area (Å²) in [5, 5.41) is 6.68. The summed E-state index contributed by atoms with van der Waals surface area (Å²) in [4.78, 5) is 14.2. The molecule has 1 saturated heterocycles. The molecule has 124 valence electrons. The van der Waals surface area contributed by atoms with Crippen LogP contribution >= 0.6 is 0 Å². The number of carbonyl (C=O) groups is 1. The molecule has 2 rings (SSSR count). The summed E-state index contributed by atoms with van der Waals surface area (Å²) >= 11 is 0. The standard InChI is InChI=1S/C14H24N4O3S/c1-5-17(4)14(19)12-7-6-8-18(9-12)22(20,21)13-10(2)15-16-11(13)3/h12H,5-9H2,1-4H3,(H,15,16)/t12-/m0/s1. The van der Waals surface area contributed by atoms with E-state index in [-0.39, 0.29) is 23.3 Å². The molecule has 1 fully saturated rings. The maximum absolute atomic E-state index is 12.8. The quantitative estimate of drug-likeness (QED) is 0.890. The Morgan fingerprint density at radius 1 is 1.45 bits per heavy atom. The number of hydrogen-bond donors (Lipinski definition) is 1. The van der Waals surface area contributed by atoms with Crippen molar-refractivity contribution in [1.82, 2.24) is 19.4 Å². The molecule has 0 radical (unpaired) electrons. The monoisotopic (exact) mass is 328 g/mol. The summed E-state index contributed by atoms with van der Waals surface area (Å²) in [6.07, 6.45) is 1.43. The van der Waals surface area contributed by atoms with E-state index in [1.807, 2.05) is 6.92 Å². The highest BCUT2D eigenvalue weighted by Gasteiger charge is 2.36. The van der Waals surface area contributed by atoms with Gasteiger partial charge in [-0.25, -0.2) is 8.42 Å². The van der Waals surface area contributed by atoms with Crippen LogP contribution in [-0.2, 0) is 14.8 Å². The van der Waals surface area contributed by atoms with Gasteiger partial charge in [-0.1, -0.05) is 0 Å². The third kappa shape index (κ3) is 3.03. The molecule has 0 aromatic carbocycles. The Kier molecular flexibility index (Phi) is 4.91. The number of aromatic amines is 1. The molecule has 1 atom stereocenters. The molecule has 8 heteroatoms. The second kappa shape index (κ2) is 6.37. The predicted octanol–water partition coefficient (Wildman–Crippen LogP) is 0.906. The van der Waals surface area contributed by atoms with Crippen molar-refractivity contribution in [2.24, 2.45) is 5.92 Å². The Labute approximate surface area is 131 Å². The van der Waals surface area contributed by atoms with Gasteiger partial charge in [0.2, 0.25) is 15.9 Å². The topological polar surface area (TPSA) is 86.4 Å². The number of piperidine rings is 1. The fourth-order valence-corrected chi connectivity index (χ4v) is 4.74. The van der Waals surface area contributed by atoms with Gasteiger partial charge in [0.1, 0.15) is 4.90 Å². The van der Waals surface area contributed by atoms with E-state index in [4.69, 9.17) is 0 Å². The molecule has 1 amide bonds. The van der Waals surface area contributed by atoms with E-state index in [0.29, 0.717) is 30.9 Å². The van der Waals surface area contributed by atoms with Crippen molar-refractivity contribution in [2.75, 3.05) is 26.7 Å². The van der Waals surface area contributed by atoms with E-state index >= 15 is 0 Å². The SMILES string of the molecule is CCN(C)C(=O)[C@H]1CCCN(S(=O)(=O)c2c(C)n[nH]c2C)C1. The molecule has 1 aromatic heterocycles. The van der Waals surface area contributed by atoms with Gasteiger partial charge >= 0.3 is 0 Å². The van der Waals surface area contributed by atoms with Crippen LogP contribution in [0.2, 0.25) is 0 Å². The molecule has 1 N–H and O–H groups in total. The molecule has 22 heavy (non-hydrogen) atoms. The minimum absolute atomic E-state index is 0.0167. The largest absolute Gasteiger partial charge is 0.346 e. The molecule has 1 aliphatic heterocycles. The molecular weight excluding hydrogens is 304 g/mol. The fraction of sp³-hybridized carbons (Fsp3) is 0.714. The van der Waals surface area contributed by atoms with Crippen LogP contribution in [0.5, 0.6) is 0 Å². The van der Waals surface area contributed by atoms with Crippen molar-refractivity contribution in [3.05, 3.63) is 11.4 Å². The summed E-state index contributed by atoms with van der Waals surface area (Å²) in [5.41, 5.74) is 1.01. The Morgan fingerprint density at radius 2 is 2.14 bits per heavy atom. The van der Waals surface area contributed by atoms with Crippen LogP contribution in [0.15, 0.2) is 4.90 Å². The van der Waals surface area contributed by atoms with E-state index in [2.05, 4.69) is 10.2 Å².